The molecule has 1 aromatic rings. The summed E-state index contributed by atoms with van der Waals surface area (Å²) in [4.78, 5) is 22.2. The lowest BCUT2D eigenvalue weighted by atomic mass is 10.1. The average molecular weight is 313 g/mol. The number of rotatable bonds is 3. The zero-order chi connectivity index (χ0) is 16.0. The van der Waals surface area contributed by atoms with Gasteiger partial charge in [-0.15, -0.1) is 0 Å². The minimum atomic E-state index is -3.93. The van der Waals surface area contributed by atoms with Crippen LogP contribution in [0.25, 0.3) is 6.08 Å². The first-order valence-corrected chi connectivity index (χ1v) is 7.33. The second kappa shape index (κ2) is 4.66. The van der Waals surface area contributed by atoms with Crippen molar-refractivity contribution in [2.45, 2.75) is 18.6 Å². The van der Waals surface area contributed by atoms with Crippen molar-refractivity contribution in [1.82, 2.24) is 0 Å². The van der Waals surface area contributed by atoms with Crippen LogP contribution in [0.2, 0.25) is 0 Å². The van der Waals surface area contributed by atoms with Gasteiger partial charge in [0.2, 0.25) is 0 Å². The predicted octanol–water partition coefficient (Wildman–Crippen LogP) is 1.38. The Kier molecular flexibility index (Phi) is 3.37. The van der Waals surface area contributed by atoms with Gasteiger partial charge in [-0.3, -0.25) is 4.79 Å². The van der Waals surface area contributed by atoms with Gasteiger partial charge >= 0.3 is 5.97 Å². The Balaban J connectivity index is 2.40. The number of benzene rings is 1. The van der Waals surface area contributed by atoms with E-state index in [-0.39, 0.29) is 11.3 Å². The van der Waals surface area contributed by atoms with Crippen LogP contribution in [0.3, 0.4) is 0 Å². The van der Waals surface area contributed by atoms with Crippen LogP contribution in [0, 0.1) is 5.82 Å². The quantitative estimate of drug-likeness (QED) is 0.851. The van der Waals surface area contributed by atoms with Gasteiger partial charge in [0.25, 0.3) is 15.9 Å². The number of carbonyl (C=O) groups is 2. The molecule has 2 rings (SSSR count). The van der Waals surface area contributed by atoms with Crippen LogP contribution >= 0.6 is 0 Å². The second-order valence-electron chi connectivity index (χ2n) is 4.97. The van der Waals surface area contributed by atoms with Gasteiger partial charge < -0.3 is 5.11 Å². The Hall–Kier alpha value is -2.22. The van der Waals surface area contributed by atoms with Gasteiger partial charge in [0.05, 0.1) is 5.69 Å². The highest BCUT2D eigenvalue weighted by molar-refractivity contribution is 7.98. The van der Waals surface area contributed by atoms with E-state index in [1.54, 1.807) is 0 Å². The van der Waals surface area contributed by atoms with Crippen LogP contribution in [0.4, 0.5) is 10.1 Å². The number of carboxylic acid groups (broad SMARTS) is 1. The Morgan fingerprint density at radius 2 is 2.00 bits per heavy atom. The largest absolute Gasteiger partial charge is 0.478 e. The zero-order valence-corrected chi connectivity index (χ0v) is 12.0. The molecule has 112 valence electrons. The molecule has 0 aromatic heterocycles. The number of anilines is 1. The highest BCUT2D eigenvalue weighted by Crippen LogP contribution is 2.40. The maximum Gasteiger partial charge on any atom is 0.328 e. The fourth-order valence-electron chi connectivity index (χ4n) is 1.85. The molecule has 1 aliphatic rings. The molecule has 1 saturated heterocycles. The summed E-state index contributed by atoms with van der Waals surface area (Å²) in [6.07, 6.45) is 1.98. The van der Waals surface area contributed by atoms with Crippen LogP contribution in [-0.4, -0.2) is 30.1 Å². The fourth-order valence-corrected chi connectivity index (χ4v) is 3.34. The molecule has 0 radical (unpaired) electrons. The molecule has 1 amide bonds. The maximum atomic E-state index is 14.0. The SMILES string of the molecule is CC1(C)C(=O)N(c2ccc(C=CC(=O)O)cc2F)S1(=O)=O. The molecule has 8 heteroatoms. The van der Waals surface area contributed by atoms with E-state index in [9.17, 15) is 22.4 Å². The molecule has 21 heavy (non-hydrogen) atoms. The van der Waals surface area contributed by atoms with Crippen LogP contribution < -0.4 is 4.31 Å². The third-order valence-corrected chi connectivity index (χ3v) is 5.50. The van der Waals surface area contributed by atoms with Gasteiger partial charge in [0.1, 0.15) is 5.82 Å². The third-order valence-electron chi connectivity index (χ3n) is 3.19. The van der Waals surface area contributed by atoms with Crippen molar-refractivity contribution >= 4 is 33.7 Å². The minimum absolute atomic E-state index is 0.239. The van der Waals surface area contributed by atoms with E-state index in [0.29, 0.717) is 4.31 Å². The number of hydrogen-bond acceptors (Lipinski definition) is 4. The lowest BCUT2D eigenvalue weighted by Crippen LogP contribution is -2.67. The zero-order valence-electron chi connectivity index (χ0n) is 11.2. The topological polar surface area (TPSA) is 91.8 Å². The number of aliphatic carboxylic acids is 1. The van der Waals surface area contributed by atoms with Gasteiger partial charge in [-0.1, -0.05) is 6.07 Å². The summed E-state index contributed by atoms with van der Waals surface area (Å²) >= 11 is 0. The monoisotopic (exact) mass is 313 g/mol. The molecular formula is C13H12FNO5S. The van der Waals surface area contributed by atoms with E-state index < -0.39 is 32.5 Å². The molecule has 0 spiro atoms. The first-order chi connectivity index (χ1) is 9.59. The third kappa shape index (κ3) is 2.21. The Morgan fingerprint density at radius 1 is 1.38 bits per heavy atom. The number of carboxylic acids is 1. The molecule has 1 fully saturated rings. The summed E-state index contributed by atoms with van der Waals surface area (Å²) in [5.74, 6) is -2.83. The molecule has 0 aliphatic carbocycles. The Bertz CT molecular complexity index is 767. The van der Waals surface area contributed by atoms with Crippen molar-refractivity contribution in [2.75, 3.05) is 4.31 Å². The standard InChI is InChI=1S/C13H12FNO5S/c1-13(2)12(18)15(21(13,19)20)10-5-3-8(7-9(10)14)4-6-11(16)17/h3-7H,1-2H3,(H,16,17). The van der Waals surface area contributed by atoms with E-state index in [1.807, 2.05) is 0 Å². The van der Waals surface area contributed by atoms with Gasteiger partial charge in [0, 0.05) is 6.08 Å². The maximum absolute atomic E-state index is 14.0. The summed E-state index contributed by atoms with van der Waals surface area (Å²) in [5, 5.41) is 8.48. The Morgan fingerprint density at radius 3 is 2.48 bits per heavy atom. The Labute approximate surface area is 120 Å². The summed E-state index contributed by atoms with van der Waals surface area (Å²) < 4.78 is 36.8. The average Bonchev–Trinajstić information content (AvgIpc) is 2.38. The molecular weight excluding hydrogens is 301 g/mol. The molecule has 0 unspecified atom stereocenters. The number of nitrogens with zero attached hydrogens (tertiary/aromatic N) is 1. The molecule has 1 heterocycles. The number of hydrogen-bond donors (Lipinski definition) is 1. The summed E-state index contributed by atoms with van der Waals surface area (Å²) in [6, 6.07) is 3.41. The van der Waals surface area contributed by atoms with E-state index >= 15 is 0 Å². The first-order valence-electron chi connectivity index (χ1n) is 5.89. The number of halogens is 1. The number of amides is 1. The fraction of sp³-hybridized carbons (Fsp3) is 0.231. The predicted molar refractivity (Wildman–Crippen MR) is 73.6 cm³/mol. The van der Waals surface area contributed by atoms with E-state index in [1.165, 1.54) is 19.9 Å². The molecule has 1 aliphatic heterocycles. The van der Waals surface area contributed by atoms with Crippen molar-refractivity contribution in [3.8, 4) is 0 Å². The lowest BCUT2D eigenvalue weighted by molar-refractivity contribution is -0.131. The van der Waals surface area contributed by atoms with Crippen molar-refractivity contribution in [2.24, 2.45) is 0 Å². The number of sulfonamides is 1. The summed E-state index contributed by atoms with van der Waals surface area (Å²) in [5.41, 5.74) is -0.130. The second-order valence-corrected chi connectivity index (χ2v) is 7.30. The van der Waals surface area contributed by atoms with Gasteiger partial charge in [-0.05, 0) is 37.6 Å². The van der Waals surface area contributed by atoms with Gasteiger partial charge in [-0.2, -0.15) is 0 Å². The highest BCUT2D eigenvalue weighted by atomic mass is 32.2. The van der Waals surface area contributed by atoms with Crippen LogP contribution in [-0.2, 0) is 19.6 Å². The van der Waals surface area contributed by atoms with Gasteiger partial charge in [-0.25, -0.2) is 21.9 Å². The minimum Gasteiger partial charge on any atom is -0.478 e. The van der Waals surface area contributed by atoms with Crippen molar-refractivity contribution in [3.05, 3.63) is 35.7 Å². The lowest BCUT2D eigenvalue weighted by Gasteiger charge is -2.42. The summed E-state index contributed by atoms with van der Waals surface area (Å²) in [6.45, 7) is 2.51. The molecule has 6 nitrogen and oxygen atoms in total. The van der Waals surface area contributed by atoms with Crippen molar-refractivity contribution in [3.63, 3.8) is 0 Å². The summed E-state index contributed by atoms with van der Waals surface area (Å²) in [7, 11) is -3.93. The molecule has 1 aromatic carbocycles. The van der Waals surface area contributed by atoms with Gasteiger partial charge in [0.15, 0.2) is 4.75 Å². The highest BCUT2D eigenvalue weighted by Gasteiger charge is 2.61. The van der Waals surface area contributed by atoms with Crippen molar-refractivity contribution in [1.29, 1.82) is 0 Å². The smallest absolute Gasteiger partial charge is 0.328 e. The van der Waals surface area contributed by atoms with Crippen molar-refractivity contribution < 1.29 is 27.5 Å². The van der Waals surface area contributed by atoms with Crippen LogP contribution in [0.15, 0.2) is 24.3 Å². The number of carbonyl (C=O) groups excluding carboxylic acids is 1. The molecule has 0 bridgehead atoms. The molecule has 0 saturated carbocycles. The first kappa shape index (κ1) is 15.2. The van der Waals surface area contributed by atoms with E-state index in [0.717, 1.165) is 24.3 Å². The molecule has 0 atom stereocenters. The van der Waals surface area contributed by atoms with E-state index in [2.05, 4.69) is 0 Å². The molecule has 1 N–H and O–H groups in total. The normalized spacial score (nSPS) is 19.6. The van der Waals surface area contributed by atoms with Crippen LogP contribution in [0.1, 0.15) is 19.4 Å². The van der Waals surface area contributed by atoms with E-state index in [4.69, 9.17) is 5.11 Å². The van der Waals surface area contributed by atoms with Crippen LogP contribution in [0.5, 0.6) is 0 Å².